The van der Waals surface area contributed by atoms with Gasteiger partial charge in [-0.3, -0.25) is 0 Å². The summed E-state index contributed by atoms with van der Waals surface area (Å²) < 4.78 is 5.94. The van der Waals surface area contributed by atoms with E-state index in [1.807, 2.05) is 19.3 Å². The van der Waals surface area contributed by atoms with Crippen molar-refractivity contribution in [1.82, 2.24) is 14.9 Å². The molecule has 20 heavy (non-hydrogen) atoms. The lowest BCUT2D eigenvalue weighted by Crippen LogP contribution is -2.38. The smallest absolute Gasteiger partial charge is 0.225 e. The van der Waals surface area contributed by atoms with E-state index >= 15 is 0 Å². The van der Waals surface area contributed by atoms with E-state index in [9.17, 15) is 0 Å². The number of rotatable bonds is 6. The zero-order valence-corrected chi connectivity index (χ0v) is 12.9. The molecule has 0 N–H and O–H groups in total. The molecule has 0 radical (unpaired) electrons. The highest BCUT2D eigenvalue weighted by Gasteiger charge is 2.21. The number of hydrogen-bond donors (Lipinski definition) is 0. The maximum absolute atomic E-state index is 5.94. The summed E-state index contributed by atoms with van der Waals surface area (Å²) in [6.07, 6.45) is 7.41. The second kappa shape index (κ2) is 7.55. The average Bonchev–Trinajstić information content (AvgIpc) is 2.45. The summed E-state index contributed by atoms with van der Waals surface area (Å²) in [6, 6.07) is 0. The first-order valence-corrected chi connectivity index (χ1v) is 7.45. The summed E-state index contributed by atoms with van der Waals surface area (Å²) in [5.41, 5.74) is 1.10. The normalized spacial score (nSPS) is 16.9. The van der Waals surface area contributed by atoms with Crippen LogP contribution in [0.1, 0.15) is 24.8 Å². The third-order valence-corrected chi connectivity index (χ3v) is 3.60. The van der Waals surface area contributed by atoms with E-state index in [0.717, 1.165) is 57.0 Å². The molecular weight excluding hydrogens is 252 g/mol. The number of piperidine rings is 1. The zero-order chi connectivity index (χ0) is 14.4. The predicted octanol–water partition coefficient (Wildman–Crippen LogP) is 1.72. The molecule has 0 saturated carbocycles. The summed E-state index contributed by atoms with van der Waals surface area (Å²) in [5.74, 6) is 0.849. The Bertz CT molecular complexity index is 385. The lowest BCUT2D eigenvalue weighted by atomic mass is 10.1. The van der Waals surface area contributed by atoms with Crippen molar-refractivity contribution in [2.75, 3.05) is 45.2 Å². The van der Waals surface area contributed by atoms with E-state index in [0.29, 0.717) is 6.10 Å². The second-order valence-corrected chi connectivity index (χ2v) is 5.77. The maximum Gasteiger partial charge on any atom is 0.225 e. The number of hydrogen-bond acceptors (Lipinski definition) is 5. The molecule has 1 aromatic rings. The van der Waals surface area contributed by atoms with E-state index in [4.69, 9.17) is 4.74 Å². The summed E-state index contributed by atoms with van der Waals surface area (Å²) in [7, 11) is 4.19. The monoisotopic (exact) mass is 278 g/mol. The second-order valence-electron chi connectivity index (χ2n) is 5.77. The van der Waals surface area contributed by atoms with Crippen LogP contribution in [0.4, 0.5) is 5.95 Å². The minimum Gasteiger partial charge on any atom is -0.378 e. The van der Waals surface area contributed by atoms with Crippen molar-refractivity contribution in [2.24, 2.45) is 0 Å². The molecule has 0 aromatic carbocycles. The van der Waals surface area contributed by atoms with Crippen molar-refractivity contribution < 1.29 is 4.74 Å². The fourth-order valence-corrected chi connectivity index (χ4v) is 2.40. The average molecular weight is 278 g/mol. The Hall–Kier alpha value is -1.20. The molecule has 2 heterocycles. The summed E-state index contributed by atoms with van der Waals surface area (Å²) in [5, 5.41) is 0. The Morgan fingerprint density at radius 1 is 1.25 bits per heavy atom. The van der Waals surface area contributed by atoms with Gasteiger partial charge in [0.25, 0.3) is 0 Å². The molecule has 5 nitrogen and oxygen atoms in total. The van der Waals surface area contributed by atoms with E-state index in [1.165, 1.54) is 0 Å². The maximum atomic E-state index is 5.94. The number of anilines is 1. The molecule has 1 aliphatic rings. The minimum absolute atomic E-state index is 0.402. The Kier molecular flexibility index (Phi) is 5.73. The van der Waals surface area contributed by atoms with Gasteiger partial charge in [0.1, 0.15) is 0 Å². The van der Waals surface area contributed by atoms with Crippen LogP contribution in [-0.4, -0.2) is 61.3 Å². The van der Waals surface area contributed by atoms with Gasteiger partial charge in [0, 0.05) is 32.1 Å². The van der Waals surface area contributed by atoms with E-state index in [-0.39, 0.29) is 0 Å². The molecule has 0 amide bonds. The highest BCUT2D eigenvalue weighted by atomic mass is 16.5. The number of nitrogens with zero attached hydrogens (tertiary/aromatic N) is 4. The molecule has 0 spiro atoms. The van der Waals surface area contributed by atoms with Gasteiger partial charge in [-0.2, -0.15) is 0 Å². The molecule has 1 fully saturated rings. The van der Waals surface area contributed by atoms with Crippen LogP contribution in [0, 0.1) is 6.92 Å². The molecule has 0 unspecified atom stereocenters. The van der Waals surface area contributed by atoms with E-state index in [1.54, 1.807) is 0 Å². The van der Waals surface area contributed by atoms with Crippen LogP contribution in [0.25, 0.3) is 0 Å². The Morgan fingerprint density at radius 2 is 1.90 bits per heavy atom. The zero-order valence-electron chi connectivity index (χ0n) is 12.9. The number of ether oxygens (including phenoxy) is 1. The van der Waals surface area contributed by atoms with Crippen LogP contribution >= 0.6 is 0 Å². The van der Waals surface area contributed by atoms with Crippen LogP contribution in [0.15, 0.2) is 12.4 Å². The summed E-state index contributed by atoms with van der Waals surface area (Å²) >= 11 is 0. The Balaban J connectivity index is 1.68. The predicted molar refractivity (Wildman–Crippen MR) is 81.1 cm³/mol. The SMILES string of the molecule is Cc1cnc(N2CCC(OCCCN(C)C)CC2)nc1. The van der Waals surface area contributed by atoms with Gasteiger partial charge in [-0.05, 0) is 52.4 Å². The van der Waals surface area contributed by atoms with Crippen molar-refractivity contribution in [3.63, 3.8) is 0 Å². The van der Waals surface area contributed by atoms with Crippen molar-refractivity contribution in [1.29, 1.82) is 0 Å². The fraction of sp³-hybridized carbons (Fsp3) is 0.733. The van der Waals surface area contributed by atoms with E-state index < -0.39 is 0 Å². The standard InChI is InChI=1S/C15H26N4O/c1-13-11-16-15(17-12-13)19-8-5-14(6-9-19)20-10-4-7-18(2)3/h11-12,14H,4-10H2,1-3H3. The van der Waals surface area contributed by atoms with Crippen LogP contribution < -0.4 is 4.90 Å². The van der Waals surface area contributed by atoms with Gasteiger partial charge in [0.2, 0.25) is 5.95 Å². The lowest BCUT2D eigenvalue weighted by Gasteiger charge is -2.32. The first-order valence-electron chi connectivity index (χ1n) is 7.45. The van der Waals surface area contributed by atoms with Gasteiger partial charge >= 0.3 is 0 Å². The molecule has 112 valence electrons. The Labute approximate surface area is 122 Å². The molecule has 0 atom stereocenters. The van der Waals surface area contributed by atoms with Crippen LogP contribution in [0.2, 0.25) is 0 Å². The third kappa shape index (κ3) is 4.72. The summed E-state index contributed by atoms with van der Waals surface area (Å²) in [6.45, 7) is 5.94. The van der Waals surface area contributed by atoms with Gasteiger partial charge in [-0.15, -0.1) is 0 Å². The third-order valence-electron chi connectivity index (χ3n) is 3.60. The van der Waals surface area contributed by atoms with Gasteiger partial charge in [0.05, 0.1) is 6.10 Å². The van der Waals surface area contributed by atoms with Crippen LogP contribution in [0.3, 0.4) is 0 Å². The van der Waals surface area contributed by atoms with Crippen molar-refractivity contribution in [3.05, 3.63) is 18.0 Å². The van der Waals surface area contributed by atoms with Gasteiger partial charge in [-0.1, -0.05) is 0 Å². The van der Waals surface area contributed by atoms with Gasteiger partial charge in [-0.25, -0.2) is 9.97 Å². The van der Waals surface area contributed by atoms with Crippen LogP contribution in [0.5, 0.6) is 0 Å². The largest absolute Gasteiger partial charge is 0.378 e. The van der Waals surface area contributed by atoms with Gasteiger partial charge in [0.15, 0.2) is 0 Å². The number of aryl methyl sites for hydroxylation is 1. The van der Waals surface area contributed by atoms with Crippen LogP contribution in [-0.2, 0) is 4.74 Å². The molecule has 5 heteroatoms. The molecular formula is C15H26N4O. The first kappa shape index (κ1) is 15.2. The van der Waals surface area contributed by atoms with Crippen molar-refractivity contribution in [3.8, 4) is 0 Å². The van der Waals surface area contributed by atoms with Crippen molar-refractivity contribution in [2.45, 2.75) is 32.3 Å². The lowest BCUT2D eigenvalue weighted by molar-refractivity contribution is 0.0331. The molecule has 0 aliphatic carbocycles. The molecule has 1 aromatic heterocycles. The Morgan fingerprint density at radius 3 is 2.50 bits per heavy atom. The van der Waals surface area contributed by atoms with Crippen molar-refractivity contribution >= 4 is 5.95 Å². The van der Waals surface area contributed by atoms with Gasteiger partial charge < -0.3 is 14.5 Å². The highest BCUT2D eigenvalue weighted by molar-refractivity contribution is 5.30. The van der Waals surface area contributed by atoms with E-state index in [2.05, 4.69) is 33.9 Å². The highest BCUT2D eigenvalue weighted by Crippen LogP contribution is 2.18. The molecule has 2 rings (SSSR count). The number of aromatic nitrogens is 2. The topological polar surface area (TPSA) is 41.5 Å². The quantitative estimate of drug-likeness (QED) is 0.741. The summed E-state index contributed by atoms with van der Waals surface area (Å²) in [4.78, 5) is 13.2. The molecule has 1 aliphatic heterocycles. The first-order chi connectivity index (χ1) is 9.65. The molecule has 1 saturated heterocycles. The minimum atomic E-state index is 0.402. The molecule has 0 bridgehead atoms. The fourth-order valence-electron chi connectivity index (χ4n) is 2.40.